The van der Waals surface area contributed by atoms with Crippen molar-refractivity contribution in [3.63, 3.8) is 0 Å². The SMILES string of the molecule is CS(=O)(=O)S(=O)(=O)c1ccccc1OC1CC(=O)N1CC(=O)NCCCCCCc1ccccc1. The van der Waals surface area contributed by atoms with E-state index in [1.807, 2.05) is 18.2 Å². The molecule has 0 saturated carbocycles. The van der Waals surface area contributed by atoms with Gasteiger partial charge in [0.05, 0.1) is 12.7 Å². The Bertz CT molecular complexity index is 1250. The number of benzene rings is 2. The number of carbonyl (C=O) groups is 2. The Balaban J connectivity index is 1.43. The Labute approximate surface area is 205 Å². The molecule has 0 spiro atoms. The molecule has 35 heavy (non-hydrogen) atoms. The van der Waals surface area contributed by atoms with Crippen LogP contribution in [0.15, 0.2) is 59.5 Å². The van der Waals surface area contributed by atoms with Crippen LogP contribution in [0.4, 0.5) is 0 Å². The van der Waals surface area contributed by atoms with Crippen LogP contribution in [0.3, 0.4) is 0 Å². The molecule has 11 heteroatoms. The number of likely N-dealkylation sites (tertiary alicyclic amines) is 1. The Kier molecular flexibility index (Phi) is 8.90. The van der Waals surface area contributed by atoms with E-state index in [9.17, 15) is 26.4 Å². The second kappa shape index (κ2) is 11.7. The molecule has 1 atom stereocenters. The van der Waals surface area contributed by atoms with Gasteiger partial charge in [-0.05, 0) is 37.0 Å². The molecule has 1 aliphatic rings. The fourth-order valence-electron chi connectivity index (χ4n) is 3.67. The van der Waals surface area contributed by atoms with Gasteiger partial charge < -0.3 is 10.1 Å². The Morgan fingerprint density at radius 2 is 1.63 bits per heavy atom. The van der Waals surface area contributed by atoms with E-state index in [0.717, 1.165) is 38.2 Å². The van der Waals surface area contributed by atoms with Crippen LogP contribution in [0.5, 0.6) is 5.75 Å². The average molecular weight is 523 g/mol. The van der Waals surface area contributed by atoms with Gasteiger partial charge >= 0.3 is 0 Å². The number of unbranched alkanes of at least 4 members (excludes halogenated alkanes) is 3. The van der Waals surface area contributed by atoms with Gasteiger partial charge in [-0.3, -0.25) is 14.5 Å². The lowest BCUT2D eigenvalue weighted by molar-refractivity contribution is -0.163. The van der Waals surface area contributed by atoms with Gasteiger partial charge in [-0.2, -0.15) is 0 Å². The minimum absolute atomic E-state index is 0.0397. The summed E-state index contributed by atoms with van der Waals surface area (Å²) >= 11 is 0. The molecule has 2 aromatic carbocycles. The first kappa shape index (κ1) is 26.7. The van der Waals surface area contributed by atoms with Crippen LogP contribution in [0.25, 0.3) is 0 Å². The van der Waals surface area contributed by atoms with E-state index < -0.39 is 28.9 Å². The van der Waals surface area contributed by atoms with Crippen LogP contribution in [0.2, 0.25) is 0 Å². The third-order valence-corrected chi connectivity index (χ3v) is 10.3. The van der Waals surface area contributed by atoms with E-state index in [1.165, 1.54) is 28.7 Å². The lowest BCUT2D eigenvalue weighted by atomic mass is 10.1. The van der Waals surface area contributed by atoms with Crippen molar-refractivity contribution < 1.29 is 31.2 Å². The highest BCUT2D eigenvalue weighted by molar-refractivity contribution is 8.66. The third kappa shape index (κ3) is 7.04. The van der Waals surface area contributed by atoms with Crippen molar-refractivity contribution in [2.75, 3.05) is 19.3 Å². The first-order valence-corrected chi connectivity index (χ1v) is 15.3. The minimum Gasteiger partial charge on any atom is -0.468 e. The zero-order valence-electron chi connectivity index (χ0n) is 19.6. The number of rotatable bonds is 13. The third-order valence-electron chi connectivity index (χ3n) is 5.67. The number of β-lactam (4-membered cyclic amide) rings is 1. The number of para-hydroxylation sites is 1. The van der Waals surface area contributed by atoms with E-state index >= 15 is 0 Å². The number of carbonyl (C=O) groups excluding carboxylic acids is 2. The van der Waals surface area contributed by atoms with Gasteiger partial charge in [0.15, 0.2) is 6.23 Å². The number of hydrogen-bond donors (Lipinski definition) is 1. The molecule has 2 amide bonds. The van der Waals surface area contributed by atoms with E-state index in [0.29, 0.717) is 12.8 Å². The number of nitrogens with zero attached hydrogens (tertiary/aromatic N) is 1. The smallest absolute Gasteiger partial charge is 0.285 e. The molecule has 1 N–H and O–H groups in total. The van der Waals surface area contributed by atoms with Crippen LogP contribution in [0.1, 0.15) is 37.7 Å². The summed E-state index contributed by atoms with van der Waals surface area (Å²) in [5, 5.41) is 2.79. The molecule has 1 heterocycles. The second-order valence-corrected chi connectivity index (χ2v) is 14.3. The predicted octanol–water partition coefficient (Wildman–Crippen LogP) is 2.28. The normalized spacial score (nSPS) is 16.0. The van der Waals surface area contributed by atoms with Gasteiger partial charge in [0.2, 0.25) is 11.8 Å². The van der Waals surface area contributed by atoms with E-state index in [-0.39, 0.29) is 30.5 Å². The zero-order chi connectivity index (χ0) is 25.5. The molecule has 0 bridgehead atoms. The molecule has 2 aromatic rings. The van der Waals surface area contributed by atoms with Crippen molar-refractivity contribution >= 4 is 29.6 Å². The Morgan fingerprint density at radius 3 is 2.31 bits per heavy atom. The van der Waals surface area contributed by atoms with Crippen molar-refractivity contribution in [1.82, 2.24) is 10.2 Å². The molecule has 0 aromatic heterocycles. The van der Waals surface area contributed by atoms with Gasteiger partial charge in [0.25, 0.3) is 17.7 Å². The second-order valence-electron chi connectivity index (χ2n) is 8.40. The van der Waals surface area contributed by atoms with Crippen molar-refractivity contribution in [1.29, 1.82) is 0 Å². The fourth-order valence-corrected chi connectivity index (χ4v) is 6.00. The fraction of sp³-hybridized carbons (Fsp3) is 0.417. The highest BCUT2D eigenvalue weighted by Crippen LogP contribution is 2.31. The van der Waals surface area contributed by atoms with Crippen LogP contribution >= 0.6 is 0 Å². The summed E-state index contributed by atoms with van der Waals surface area (Å²) in [5.74, 6) is -0.834. The summed E-state index contributed by atoms with van der Waals surface area (Å²) < 4.78 is 53.8. The molecule has 9 nitrogen and oxygen atoms in total. The monoisotopic (exact) mass is 522 g/mol. The molecule has 3 rings (SSSR count). The molecular weight excluding hydrogens is 492 g/mol. The maximum absolute atomic E-state index is 12.4. The molecule has 1 aliphatic heterocycles. The van der Waals surface area contributed by atoms with Crippen molar-refractivity contribution in [3.05, 3.63) is 60.2 Å². The van der Waals surface area contributed by atoms with E-state index in [4.69, 9.17) is 4.74 Å². The molecule has 0 aliphatic carbocycles. The standard InChI is InChI=1S/C24H30N2O7S2/c1-34(29,30)35(31,32)21-15-9-8-14-20(21)33-24-17-23(28)26(24)18-22(27)25-16-10-3-2-5-11-19-12-6-4-7-13-19/h4,6-9,12-15,24H,2-3,5,10-11,16-18H2,1H3,(H,25,27). The van der Waals surface area contributed by atoms with Gasteiger partial charge in [-0.25, -0.2) is 16.8 Å². The van der Waals surface area contributed by atoms with Crippen molar-refractivity contribution in [2.24, 2.45) is 0 Å². The maximum atomic E-state index is 12.4. The lowest BCUT2D eigenvalue weighted by Crippen LogP contribution is -2.58. The number of amides is 2. The average Bonchev–Trinajstić information content (AvgIpc) is 2.82. The molecule has 1 unspecified atom stereocenters. The Morgan fingerprint density at radius 1 is 0.971 bits per heavy atom. The van der Waals surface area contributed by atoms with Crippen LogP contribution in [-0.2, 0) is 33.7 Å². The number of ether oxygens (including phenoxy) is 1. The summed E-state index contributed by atoms with van der Waals surface area (Å²) in [4.78, 5) is 25.0. The largest absolute Gasteiger partial charge is 0.468 e. The first-order chi connectivity index (χ1) is 16.6. The van der Waals surface area contributed by atoms with Gasteiger partial charge in [0.1, 0.15) is 17.2 Å². The molecule has 1 saturated heterocycles. The first-order valence-electron chi connectivity index (χ1n) is 11.4. The van der Waals surface area contributed by atoms with E-state index in [1.54, 1.807) is 0 Å². The van der Waals surface area contributed by atoms with Gasteiger partial charge in [-0.1, -0.05) is 55.3 Å². The quantitative estimate of drug-likeness (QED) is 0.243. The summed E-state index contributed by atoms with van der Waals surface area (Å²) in [6.07, 6.45) is 4.67. The lowest BCUT2D eigenvalue weighted by Gasteiger charge is -2.39. The summed E-state index contributed by atoms with van der Waals surface area (Å²) in [6.45, 7) is 0.270. The highest BCUT2D eigenvalue weighted by Gasteiger charge is 2.40. The van der Waals surface area contributed by atoms with Crippen molar-refractivity contribution in [3.8, 4) is 5.75 Å². The van der Waals surface area contributed by atoms with E-state index in [2.05, 4.69) is 17.4 Å². The molecule has 190 valence electrons. The summed E-state index contributed by atoms with van der Waals surface area (Å²) in [6, 6.07) is 15.6. The van der Waals surface area contributed by atoms with Gasteiger partial charge in [-0.15, -0.1) is 0 Å². The van der Waals surface area contributed by atoms with Crippen LogP contribution < -0.4 is 10.1 Å². The predicted molar refractivity (Wildman–Crippen MR) is 131 cm³/mol. The Hall–Kier alpha value is -2.92. The number of nitrogens with one attached hydrogen (secondary N) is 1. The maximum Gasteiger partial charge on any atom is 0.285 e. The molecular formula is C24H30N2O7S2. The van der Waals surface area contributed by atoms with Crippen LogP contribution in [-0.4, -0.2) is 59.1 Å². The minimum atomic E-state index is -4.66. The molecule has 0 radical (unpaired) electrons. The topological polar surface area (TPSA) is 127 Å². The summed E-state index contributed by atoms with van der Waals surface area (Å²) in [5.41, 5.74) is 1.31. The zero-order valence-corrected chi connectivity index (χ0v) is 21.2. The highest BCUT2D eigenvalue weighted by atomic mass is 33.2. The van der Waals surface area contributed by atoms with Crippen LogP contribution in [0, 0.1) is 0 Å². The summed E-state index contributed by atoms with van der Waals surface area (Å²) in [7, 11) is -9.10. The number of aryl methyl sites for hydroxylation is 1. The van der Waals surface area contributed by atoms with Gasteiger partial charge in [0, 0.05) is 6.54 Å². The molecule has 1 fully saturated rings. The van der Waals surface area contributed by atoms with Crippen molar-refractivity contribution in [2.45, 2.75) is 49.6 Å². The number of hydrogen-bond acceptors (Lipinski definition) is 7.